The Morgan fingerprint density at radius 3 is 2.83 bits per heavy atom. The molecule has 0 unspecified atom stereocenters. The molecule has 0 radical (unpaired) electrons. The van der Waals surface area contributed by atoms with E-state index in [9.17, 15) is 19.8 Å². The molecule has 0 bridgehead atoms. The molecule has 24 heavy (non-hydrogen) atoms. The van der Waals surface area contributed by atoms with Crippen molar-refractivity contribution >= 4 is 17.6 Å². The molecule has 1 amide bonds. The van der Waals surface area contributed by atoms with Crippen molar-refractivity contribution in [2.24, 2.45) is 0 Å². The van der Waals surface area contributed by atoms with Crippen LogP contribution in [-0.4, -0.2) is 44.2 Å². The first-order valence-corrected chi connectivity index (χ1v) is 7.55. The van der Waals surface area contributed by atoms with E-state index in [4.69, 9.17) is 0 Å². The summed E-state index contributed by atoms with van der Waals surface area (Å²) in [4.78, 5) is 27.1. The van der Waals surface area contributed by atoms with E-state index >= 15 is 0 Å². The number of nitrogens with one attached hydrogen (secondary N) is 2. The number of amides is 1. The van der Waals surface area contributed by atoms with E-state index in [0.29, 0.717) is 18.7 Å². The van der Waals surface area contributed by atoms with E-state index in [1.165, 1.54) is 12.1 Å². The van der Waals surface area contributed by atoms with Crippen LogP contribution in [0.2, 0.25) is 0 Å². The molecule has 0 saturated heterocycles. The van der Waals surface area contributed by atoms with Crippen molar-refractivity contribution in [1.82, 2.24) is 14.9 Å². The van der Waals surface area contributed by atoms with Gasteiger partial charge in [0.2, 0.25) is 5.91 Å². The van der Waals surface area contributed by atoms with Gasteiger partial charge in [0.15, 0.2) is 0 Å². The Balaban J connectivity index is 1.77. The highest BCUT2D eigenvalue weighted by molar-refractivity contribution is 5.94. The Bertz CT molecular complexity index is 672. The Hall–Kier alpha value is -2.87. The standard InChI is InChI=1S/C16H20N4O4/c21-13-4-1-3-12(9-13)19-15(22)10-14(16(23)24)18-5-2-7-20-8-6-17-11-20/h1,3-4,6,8-9,11,14,18,21H,2,5,7,10H2,(H,19,22)(H,23,24)/t14-/m0/s1. The van der Waals surface area contributed by atoms with Crippen LogP contribution in [0, 0.1) is 0 Å². The predicted molar refractivity (Wildman–Crippen MR) is 87.6 cm³/mol. The van der Waals surface area contributed by atoms with E-state index < -0.39 is 17.9 Å². The molecule has 8 nitrogen and oxygen atoms in total. The van der Waals surface area contributed by atoms with E-state index in [-0.39, 0.29) is 12.2 Å². The van der Waals surface area contributed by atoms with Gasteiger partial charge in [0.25, 0.3) is 0 Å². The normalized spacial score (nSPS) is 11.8. The van der Waals surface area contributed by atoms with Crippen LogP contribution < -0.4 is 10.6 Å². The number of aliphatic carboxylic acids is 1. The number of rotatable bonds is 9. The molecule has 0 aliphatic carbocycles. The third-order valence-corrected chi connectivity index (χ3v) is 3.36. The number of carboxylic acid groups (broad SMARTS) is 1. The number of phenols is 1. The van der Waals surface area contributed by atoms with Crippen LogP contribution in [0.15, 0.2) is 43.0 Å². The molecule has 0 saturated carbocycles. The van der Waals surface area contributed by atoms with Crippen LogP contribution in [0.1, 0.15) is 12.8 Å². The number of phenolic OH excluding ortho intramolecular Hbond substituents is 1. The molecule has 1 aromatic carbocycles. The molecule has 8 heteroatoms. The fraction of sp³-hybridized carbons (Fsp3) is 0.312. The maximum Gasteiger partial charge on any atom is 0.321 e. The van der Waals surface area contributed by atoms with Crippen molar-refractivity contribution in [3.63, 3.8) is 0 Å². The molecular weight excluding hydrogens is 312 g/mol. The zero-order chi connectivity index (χ0) is 17.4. The summed E-state index contributed by atoms with van der Waals surface area (Å²) in [7, 11) is 0. The van der Waals surface area contributed by atoms with Crippen LogP contribution in [0.4, 0.5) is 5.69 Å². The van der Waals surface area contributed by atoms with Gasteiger partial charge in [0.05, 0.1) is 12.7 Å². The molecule has 0 spiro atoms. The third kappa shape index (κ3) is 5.73. The number of anilines is 1. The Morgan fingerprint density at radius 1 is 1.33 bits per heavy atom. The van der Waals surface area contributed by atoms with Gasteiger partial charge < -0.3 is 25.4 Å². The lowest BCUT2D eigenvalue weighted by atomic mass is 10.2. The minimum absolute atomic E-state index is 0.0280. The zero-order valence-corrected chi connectivity index (χ0v) is 13.1. The van der Waals surface area contributed by atoms with Gasteiger partial charge in [-0.05, 0) is 25.1 Å². The number of imidazole rings is 1. The average molecular weight is 332 g/mol. The van der Waals surface area contributed by atoms with Gasteiger partial charge in [0.1, 0.15) is 11.8 Å². The molecule has 0 fully saturated rings. The first kappa shape index (κ1) is 17.5. The monoisotopic (exact) mass is 332 g/mol. The largest absolute Gasteiger partial charge is 0.508 e. The molecule has 4 N–H and O–H groups in total. The maximum absolute atomic E-state index is 11.9. The maximum atomic E-state index is 11.9. The average Bonchev–Trinajstić information content (AvgIpc) is 3.03. The molecule has 1 atom stereocenters. The molecule has 128 valence electrons. The van der Waals surface area contributed by atoms with Crippen LogP contribution in [0.5, 0.6) is 5.75 Å². The minimum Gasteiger partial charge on any atom is -0.508 e. The SMILES string of the molecule is O=C(C[C@H](NCCCn1ccnc1)C(=O)O)Nc1cccc(O)c1. The van der Waals surface area contributed by atoms with Crippen LogP contribution in [0.3, 0.4) is 0 Å². The van der Waals surface area contributed by atoms with Crippen molar-refractivity contribution in [2.45, 2.75) is 25.4 Å². The van der Waals surface area contributed by atoms with E-state index in [1.807, 2.05) is 10.8 Å². The molecular formula is C16H20N4O4. The van der Waals surface area contributed by atoms with Crippen molar-refractivity contribution in [2.75, 3.05) is 11.9 Å². The number of aromatic hydroxyl groups is 1. The van der Waals surface area contributed by atoms with Crippen LogP contribution in [-0.2, 0) is 16.1 Å². The fourth-order valence-electron chi connectivity index (χ4n) is 2.18. The lowest BCUT2D eigenvalue weighted by molar-refractivity contribution is -0.141. The molecule has 0 aliphatic rings. The van der Waals surface area contributed by atoms with Crippen LogP contribution in [0.25, 0.3) is 0 Å². The Morgan fingerprint density at radius 2 is 2.17 bits per heavy atom. The van der Waals surface area contributed by atoms with E-state index in [0.717, 1.165) is 6.54 Å². The fourth-order valence-corrected chi connectivity index (χ4v) is 2.18. The summed E-state index contributed by atoms with van der Waals surface area (Å²) >= 11 is 0. The highest BCUT2D eigenvalue weighted by Crippen LogP contribution is 2.15. The highest BCUT2D eigenvalue weighted by Gasteiger charge is 2.20. The van der Waals surface area contributed by atoms with Gasteiger partial charge in [-0.25, -0.2) is 4.98 Å². The van der Waals surface area contributed by atoms with Gasteiger partial charge in [-0.15, -0.1) is 0 Å². The minimum atomic E-state index is -1.08. The van der Waals surface area contributed by atoms with Gasteiger partial charge in [0, 0.05) is 30.7 Å². The first-order chi connectivity index (χ1) is 11.5. The topological polar surface area (TPSA) is 116 Å². The molecule has 1 aromatic heterocycles. The van der Waals surface area contributed by atoms with Crippen molar-refractivity contribution in [3.05, 3.63) is 43.0 Å². The number of benzene rings is 1. The van der Waals surface area contributed by atoms with E-state index in [1.54, 1.807) is 24.7 Å². The first-order valence-electron chi connectivity index (χ1n) is 7.55. The summed E-state index contributed by atoms with van der Waals surface area (Å²) in [6, 6.07) is 5.12. The van der Waals surface area contributed by atoms with Crippen molar-refractivity contribution in [3.8, 4) is 5.75 Å². The summed E-state index contributed by atoms with van der Waals surface area (Å²) < 4.78 is 1.89. The lowest BCUT2D eigenvalue weighted by Crippen LogP contribution is -2.40. The highest BCUT2D eigenvalue weighted by atomic mass is 16.4. The Kier molecular flexibility index (Phi) is 6.32. The predicted octanol–water partition coefficient (Wildman–Crippen LogP) is 1.05. The Labute approximate surface area is 139 Å². The lowest BCUT2D eigenvalue weighted by Gasteiger charge is -2.14. The number of nitrogens with zero attached hydrogens (tertiary/aromatic N) is 2. The third-order valence-electron chi connectivity index (χ3n) is 3.36. The summed E-state index contributed by atoms with van der Waals surface area (Å²) in [5.74, 6) is -1.49. The van der Waals surface area contributed by atoms with Crippen LogP contribution >= 0.6 is 0 Å². The number of hydrogen-bond acceptors (Lipinski definition) is 5. The number of carbonyl (C=O) groups is 2. The molecule has 0 aliphatic heterocycles. The smallest absolute Gasteiger partial charge is 0.321 e. The number of carboxylic acids is 1. The number of aromatic nitrogens is 2. The summed E-state index contributed by atoms with van der Waals surface area (Å²) in [6.45, 7) is 1.18. The van der Waals surface area contributed by atoms with Gasteiger partial charge in [-0.2, -0.15) is 0 Å². The van der Waals surface area contributed by atoms with Gasteiger partial charge in [-0.3, -0.25) is 9.59 Å². The number of carbonyl (C=O) groups excluding carboxylic acids is 1. The van der Waals surface area contributed by atoms with Gasteiger partial charge >= 0.3 is 5.97 Å². The van der Waals surface area contributed by atoms with Crippen molar-refractivity contribution < 1.29 is 19.8 Å². The van der Waals surface area contributed by atoms with Crippen molar-refractivity contribution in [1.29, 1.82) is 0 Å². The molecule has 2 rings (SSSR count). The quantitative estimate of drug-likeness (QED) is 0.510. The summed E-state index contributed by atoms with van der Waals surface area (Å²) in [6.07, 6.45) is 5.72. The second kappa shape index (κ2) is 8.68. The number of aryl methyl sites for hydroxylation is 1. The number of hydrogen-bond donors (Lipinski definition) is 4. The van der Waals surface area contributed by atoms with E-state index in [2.05, 4.69) is 15.6 Å². The summed E-state index contributed by atoms with van der Waals surface area (Å²) in [5.41, 5.74) is 0.421. The second-order valence-corrected chi connectivity index (χ2v) is 5.30. The molecule has 1 heterocycles. The van der Waals surface area contributed by atoms with Gasteiger partial charge in [-0.1, -0.05) is 6.07 Å². The zero-order valence-electron chi connectivity index (χ0n) is 13.1. The second-order valence-electron chi connectivity index (χ2n) is 5.30. The molecule has 2 aromatic rings. The summed E-state index contributed by atoms with van der Waals surface area (Å²) in [5, 5.41) is 24.0.